The number of likely N-dealkylation sites (tertiary alicyclic amines) is 1. The first-order valence-electron chi connectivity index (χ1n) is 12.2. The fraction of sp³-hybridized carbons (Fsp3) is 0.423. The Bertz CT molecular complexity index is 1270. The van der Waals surface area contributed by atoms with Gasteiger partial charge in [0, 0.05) is 30.1 Å². The Hall–Kier alpha value is -3.39. The van der Waals surface area contributed by atoms with Crippen LogP contribution >= 0.6 is 0 Å². The van der Waals surface area contributed by atoms with E-state index in [2.05, 4.69) is 63.1 Å². The molecular formula is C26H32N8. The molecule has 4 aromatic rings. The van der Waals surface area contributed by atoms with E-state index in [9.17, 15) is 0 Å². The van der Waals surface area contributed by atoms with Gasteiger partial charge < -0.3 is 10.2 Å². The Labute approximate surface area is 200 Å². The summed E-state index contributed by atoms with van der Waals surface area (Å²) in [6.45, 7) is 10.9. The highest BCUT2D eigenvalue weighted by molar-refractivity contribution is 5.82. The summed E-state index contributed by atoms with van der Waals surface area (Å²) in [5, 5.41) is 16.3. The summed E-state index contributed by atoms with van der Waals surface area (Å²) in [5.74, 6) is 1.79. The van der Waals surface area contributed by atoms with Crippen LogP contribution < -0.4 is 5.32 Å². The van der Waals surface area contributed by atoms with Crippen LogP contribution in [0.1, 0.15) is 50.3 Å². The summed E-state index contributed by atoms with van der Waals surface area (Å²) < 4.78 is 2.07. The molecule has 1 aliphatic rings. The maximum atomic E-state index is 4.79. The first-order valence-corrected chi connectivity index (χ1v) is 12.2. The van der Waals surface area contributed by atoms with Crippen LogP contribution in [-0.4, -0.2) is 54.5 Å². The number of nitrogens with one attached hydrogen (secondary N) is 1. The van der Waals surface area contributed by atoms with Gasteiger partial charge in [0.2, 0.25) is 0 Å². The van der Waals surface area contributed by atoms with Crippen LogP contribution in [0.5, 0.6) is 0 Å². The molecule has 1 fully saturated rings. The largest absolute Gasteiger partial charge is 0.323 e. The van der Waals surface area contributed by atoms with Crippen LogP contribution in [0.3, 0.4) is 0 Å². The zero-order valence-electron chi connectivity index (χ0n) is 20.2. The highest BCUT2D eigenvalue weighted by Gasteiger charge is 2.13. The second kappa shape index (κ2) is 9.85. The molecule has 5 rings (SSSR count). The van der Waals surface area contributed by atoms with E-state index >= 15 is 0 Å². The fourth-order valence-corrected chi connectivity index (χ4v) is 4.49. The van der Waals surface area contributed by atoms with Crippen LogP contribution in [-0.2, 0) is 6.54 Å². The monoisotopic (exact) mass is 456 g/mol. The van der Waals surface area contributed by atoms with Crippen molar-refractivity contribution < 1.29 is 0 Å². The topological polar surface area (TPSA) is 84.7 Å². The maximum absolute atomic E-state index is 4.79. The second-order valence-corrected chi connectivity index (χ2v) is 9.41. The third-order valence-corrected chi connectivity index (χ3v) is 6.45. The third-order valence-electron chi connectivity index (χ3n) is 6.45. The molecule has 1 saturated heterocycles. The SMILES string of the molecule is Cc1nn(CCCN2CCCC2)cc1-c1cnc2ccc(Nc3cc(C(C)C)cnn3)nc2c1. The van der Waals surface area contributed by atoms with Crippen molar-refractivity contribution in [3.63, 3.8) is 0 Å². The zero-order valence-corrected chi connectivity index (χ0v) is 20.2. The van der Waals surface area contributed by atoms with Crippen LogP contribution in [0.4, 0.5) is 11.6 Å². The average Bonchev–Trinajstić information content (AvgIpc) is 3.48. The second-order valence-electron chi connectivity index (χ2n) is 9.41. The molecular weight excluding hydrogens is 424 g/mol. The highest BCUT2D eigenvalue weighted by Crippen LogP contribution is 2.26. The number of pyridine rings is 2. The van der Waals surface area contributed by atoms with Crippen molar-refractivity contribution in [1.82, 2.24) is 34.8 Å². The molecule has 5 heterocycles. The molecule has 34 heavy (non-hydrogen) atoms. The van der Waals surface area contributed by atoms with Crippen molar-refractivity contribution in [3.8, 4) is 11.1 Å². The Morgan fingerprint density at radius 1 is 1.00 bits per heavy atom. The Morgan fingerprint density at radius 3 is 2.68 bits per heavy atom. The highest BCUT2D eigenvalue weighted by atomic mass is 15.3. The summed E-state index contributed by atoms with van der Waals surface area (Å²) in [4.78, 5) is 12.0. The van der Waals surface area contributed by atoms with Crippen LogP contribution in [0, 0.1) is 6.92 Å². The third kappa shape index (κ3) is 5.07. The smallest absolute Gasteiger partial charge is 0.154 e. The predicted molar refractivity (Wildman–Crippen MR) is 135 cm³/mol. The zero-order chi connectivity index (χ0) is 23.5. The van der Waals surface area contributed by atoms with Gasteiger partial charge >= 0.3 is 0 Å². The minimum absolute atomic E-state index is 0.386. The van der Waals surface area contributed by atoms with Gasteiger partial charge in [0.15, 0.2) is 5.82 Å². The summed E-state index contributed by atoms with van der Waals surface area (Å²) in [7, 11) is 0. The summed E-state index contributed by atoms with van der Waals surface area (Å²) in [6.07, 6.45) is 9.64. The van der Waals surface area contributed by atoms with E-state index in [0.717, 1.165) is 58.7 Å². The molecule has 1 aliphatic heterocycles. The number of aryl methyl sites for hydroxylation is 2. The van der Waals surface area contributed by atoms with E-state index in [4.69, 9.17) is 10.1 Å². The van der Waals surface area contributed by atoms with Gasteiger partial charge in [0.25, 0.3) is 0 Å². The quantitative estimate of drug-likeness (QED) is 0.402. The minimum atomic E-state index is 0.386. The van der Waals surface area contributed by atoms with Crippen molar-refractivity contribution in [2.75, 3.05) is 25.0 Å². The number of hydrogen-bond donors (Lipinski definition) is 1. The molecule has 0 atom stereocenters. The normalized spacial score (nSPS) is 14.4. The molecule has 0 bridgehead atoms. The van der Waals surface area contributed by atoms with E-state index in [0.29, 0.717) is 11.7 Å². The average molecular weight is 457 g/mol. The van der Waals surface area contributed by atoms with Crippen molar-refractivity contribution in [3.05, 3.63) is 54.1 Å². The first kappa shape index (κ1) is 22.4. The molecule has 0 amide bonds. The molecule has 0 unspecified atom stereocenters. The predicted octanol–water partition coefficient (Wildman–Crippen LogP) is 4.94. The molecule has 0 aromatic carbocycles. The number of anilines is 2. The lowest BCUT2D eigenvalue weighted by atomic mass is 10.1. The fourth-order valence-electron chi connectivity index (χ4n) is 4.49. The van der Waals surface area contributed by atoms with Gasteiger partial charge in [0.1, 0.15) is 5.82 Å². The van der Waals surface area contributed by atoms with Crippen LogP contribution in [0.15, 0.2) is 42.9 Å². The van der Waals surface area contributed by atoms with Gasteiger partial charge in [-0.2, -0.15) is 10.2 Å². The van der Waals surface area contributed by atoms with E-state index < -0.39 is 0 Å². The van der Waals surface area contributed by atoms with Gasteiger partial charge in [-0.25, -0.2) is 4.98 Å². The maximum Gasteiger partial charge on any atom is 0.154 e. The molecule has 0 radical (unpaired) electrons. The molecule has 176 valence electrons. The summed E-state index contributed by atoms with van der Waals surface area (Å²) in [5.41, 5.74) is 5.96. The molecule has 0 saturated carbocycles. The number of fused-ring (bicyclic) bond motifs is 1. The van der Waals surface area contributed by atoms with Gasteiger partial charge in [-0.15, -0.1) is 5.10 Å². The van der Waals surface area contributed by atoms with Crippen LogP contribution in [0.2, 0.25) is 0 Å². The number of nitrogens with zero attached hydrogens (tertiary/aromatic N) is 7. The molecule has 8 heteroatoms. The molecule has 0 spiro atoms. The van der Waals surface area contributed by atoms with Gasteiger partial charge in [-0.3, -0.25) is 9.67 Å². The summed E-state index contributed by atoms with van der Waals surface area (Å²) >= 11 is 0. The summed E-state index contributed by atoms with van der Waals surface area (Å²) in [6, 6.07) is 7.99. The lowest BCUT2D eigenvalue weighted by molar-refractivity contribution is 0.322. The van der Waals surface area contributed by atoms with Crippen molar-refractivity contribution in [1.29, 1.82) is 0 Å². The molecule has 1 N–H and O–H groups in total. The number of rotatable bonds is 8. The van der Waals surface area contributed by atoms with E-state index in [-0.39, 0.29) is 0 Å². The molecule has 8 nitrogen and oxygen atoms in total. The first-order chi connectivity index (χ1) is 16.5. The van der Waals surface area contributed by atoms with Gasteiger partial charge in [-0.1, -0.05) is 13.8 Å². The molecule has 0 aliphatic carbocycles. The standard InChI is InChI=1S/C26H32N8/c1-18(2)20-14-26(31-28-16-20)30-25-8-7-23-24(29-25)13-21(15-27-23)22-17-34(32-19(22)3)12-6-11-33-9-4-5-10-33/h7-8,13-18H,4-6,9-12H2,1-3H3,(H,29,30,31). The van der Waals surface area contributed by atoms with Gasteiger partial charge in [-0.05, 0) is 81.6 Å². The minimum Gasteiger partial charge on any atom is -0.323 e. The van der Waals surface area contributed by atoms with E-state index in [1.807, 2.05) is 24.4 Å². The van der Waals surface area contributed by atoms with E-state index in [1.165, 1.54) is 25.9 Å². The Kier molecular flexibility index (Phi) is 6.49. The molecule has 4 aromatic heterocycles. The Morgan fingerprint density at radius 2 is 1.85 bits per heavy atom. The number of hydrogen-bond acceptors (Lipinski definition) is 7. The Balaban J connectivity index is 1.33. The lowest BCUT2D eigenvalue weighted by Gasteiger charge is -2.13. The van der Waals surface area contributed by atoms with Gasteiger partial charge in [0.05, 0.1) is 22.9 Å². The lowest BCUT2D eigenvalue weighted by Crippen LogP contribution is -2.21. The van der Waals surface area contributed by atoms with Crippen molar-refractivity contribution in [2.24, 2.45) is 0 Å². The van der Waals surface area contributed by atoms with Crippen LogP contribution in [0.25, 0.3) is 22.2 Å². The van der Waals surface area contributed by atoms with Crippen molar-refractivity contribution in [2.45, 2.75) is 52.5 Å². The van der Waals surface area contributed by atoms with Crippen molar-refractivity contribution >= 4 is 22.7 Å². The number of aromatic nitrogens is 6. The van der Waals surface area contributed by atoms with E-state index in [1.54, 1.807) is 6.20 Å².